The largest absolute Gasteiger partial charge is 0.493 e. The van der Waals surface area contributed by atoms with Crippen LogP contribution in [0.3, 0.4) is 0 Å². The number of aromatic nitrogens is 3. The zero-order valence-corrected chi connectivity index (χ0v) is 16.1. The van der Waals surface area contributed by atoms with E-state index in [1.807, 2.05) is 42.2 Å². The molecule has 3 rings (SSSR count). The maximum absolute atomic E-state index is 12.4. The zero-order chi connectivity index (χ0) is 19.2. The van der Waals surface area contributed by atoms with Crippen LogP contribution in [0.15, 0.2) is 35.1 Å². The van der Waals surface area contributed by atoms with Crippen LogP contribution < -0.4 is 10.4 Å². The Morgan fingerprint density at radius 2 is 1.93 bits per heavy atom. The van der Waals surface area contributed by atoms with Crippen molar-refractivity contribution in [3.63, 3.8) is 0 Å². The molecule has 1 aromatic carbocycles. The van der Waals surface area contributed by atoms with Gasteiger partial charge >= 0.3 is 5.69 Å². The molecule has 7 heteroatoms. The first kappa shape index (κ1) is 19.2. The molecular formula is C20H28N4O3. The van der Waals surface area contributed by atoms with Gasteiger partial charge in [-0.3, -0.25) is 9.36 Å². The second-order valence-electron chi connectivity index (χ2n) is 7.01. The number of hydrogen-bond donors (Lipinski definition) is 0. The van der Waals surface area contributed by atoms with Crippen molar-refractivity contribution in [2.45, 2.75) is 39.2 Å². The predicted molar refractivity (Wildman–Crippen MR) is 103 cm³/mol. The highest BCUT2D eigenvalue weighted by Gasteiger charge is 2.24. The summed E-state index contributed by atoms with van der Waals surface area (Å²) in [6.45, 7) is 4.53. The summed E-state index contributed by atoms with van der Waals surface area (Å²) in [6, 6.07) is 9.56. The molecule has 7 nitrogen and oxygen atoms in total. The first-order valence-electron chi connectivity index (χ1n) is 9.66. The average Bonchev–Trinajstić information content (AvgIpc) is 2.96. The lowest BCUT2D eigenvalue weighted by Crippen LogP contribution is -2.39. The minimum absolute atomic E-state index is 0.0569. The van der Waals surface area contributed by atoms with Crippen LogP contribution >= 0.6 is 0 Å². The zero-order valence-electron chi connectivity index (χ0n) is 16.1. The molecule has 0 radical (unpaired) electrons. The molecule has 146 valence electrons. The van der Waals surface area contributed by atoms with E-state index in [1.54, 1.807) is 11.6 Å². The molecular weight excluding hydrogens is 344 g/mol. The molecule has 2 aromatic rings. The molecule has 27 heavy (non-hydrogen) atoms. The third kappa shape index (κ3) is 4.78. The highest BCUT2D eigenvalue weighted by molar-refractivity contribution is 5.76. The summed E-state index contributed by atoms with van der Waals surface area (Å²) in [4.78, 5) is 26.3. The van der Waals surface area contributed by atoms with Gasteiger partial charge in [-0.1, -0.05) is 18.2 Å². The van der Waals surface area contributed by atoms with Crippen LogP contribution in [0.2, 0.25) is 0 Å². The van der Waals surface area contributed by atoms with E-state index >= 15 is 0 Å². The summed E-state index contributed by atoms with van der Waals surface area (Å²) in [7, 11) is 1.69. The number of carbonyl (C=O) groups excluding carboxylic acids is 1. The molecule has 2 heterocycles. The van der Waals surface area contributed by atoms with Gasteiger partial charge in [-0.15, -0.1) is 0 Å². The van der Waals surface area contributed by atoms with Crippen molar-refractivity contribution in [2.75, 3.05) is 19.7 Å². The van der Waals surface area contributed by atoms with Crippen molar-refractivity contribution >= 4 is 5.91 Å². The number of carbonyl (C=O) groups is 1. The minimum Gasteiger partial charge on any atom is -0.493 e. The molecule has 0 N–H and O–H groups in total. The topological polar surface area (TPSA) is 69.4 Å². The molecule has 0 spiro atoms. The quantitative estimate of drug-likeness (QED) is 0.744. The summed E-state index contributed by atoms with van der Waals surface area (Å²) in [5, 5.41) is 4.37. The third-order valence-corrected chi connectivity index (χ3v) is 5.17. The summed E-state index contributed by atoms with van der Waals surface area (Å²) >= 11 is 0. The van der Waals surface area contributed by atoms with Gasteiger partial charge in [0.25, 0.3) is 0 Å². The number of piperidine rings is 1. The Balaban J connectivity index is 1.44. The maximum Gasteiger partial charge on any atom is 0.345 e. The fourth-order valence-corrected chi connectivity index (χ4v) is 3.60. The lowest BCUT2D eigenvalue weighted by atomic mass is 9.93. The average molecular weight is 372 g/mol. The first-order valence-corrected chi connectivity index (χ1v) is 9.66. The van der Waals surface area contributed by atoms with Gasteiger partial charge in [0.05, 0.1) is 13.0 Å². The second-order valence-corrected chi connectivity index (χ2v) is 7.01. The van der Waals surface area contributed by atoms with Crippen LogP contribution in [0.25, 0.3) is 0 Å². The lowest BCUT2D eigenvalue weighted by Gasteiger charge is -2.32. The predicted octanol–water partition coefficient (Wildman–Crippen LogP) is 1.85. The number of rotatable bonds is 7. The molecule has 0 atom stereocenters. The van der Waals surface area contributed by atoms with E-state index in [-0.39, 0.29) is 11.6 Å². The Hall–Kier alpha value is -2.57. The molecule has 0 aliphatic carbocycles. The number of benzene rings is 1. The van der Waals surface area contributed by atoms with Crippen molar-refractivity contribution in [3.05, 3.63) is 46.6 Å². The van der Waals surface area contributed by atoms with Gasteiger partial charge in [0.1, 0.15) is 11.6 Å². The van der Waals surface area contributed by atoms with E-state index < -0.39 is 0 Å². The number of nitrogens with zero attached hydrogens (tertiary/aromatic N) is 4. The molecule has 1 amide bonds. The van der Waals surface area contributed by atoms with Crippen LogP contribution in [0, 0.1) is 5.92 Å². The molecule has 1 fully saturated rings. The molecule has 0 bridgehead atoms. The Bertz CT molecular complexity index is 804. The van der Waals surface area contributed by atoms with Crippen molar-refractivity contribution in [1.82, 2.24) is 19.2 Å². The van der Waals surface area contributed by atoms with E-state index in [9.17, 15) is 9.59 Å². The molecule has 1 saturated heterocycles. The van der Waals surface area contributed by atoms with E-state index in [0.717, 1.165) is 43.9 Å². The highest BCUT2D eigenvalue weighted by atomic mass is 16.5. The van der Waals surface area contributed by atoms with Gasteiger partial charge in [-0.2, -0.15) is 5.10 Å². The van der Waals surface area contributed by atoms with Crippen molar-refractivity contribution < 1.29 is 9.53 Å². The number of para-hydroxylation sites is 1. The molecule has 1 aliphatic rings. The third-order valence-electron chi connectivity index (χ3n) is 5.17. The van der Waals surface area contributed by atoms with Crippen molar-refractivity contribution in [1.29, 1.82) is 0 Å². The molecule has 0 saturated carbocycles. The normalized spacial score (nSPS) is 15.1. The first-order chi connectivity index (χ1) is 13.1. The van der Waals surface area contributed by atoms with Crippen LogP contribution in [0.1, 0.15) is 32.0 Å². The van der Waals surface area contributed by atoms with Crippen molar-refractivity contribution in [3.8, 4) is 5.75 Å². The highest BCUT2D eigenvalue weighted by Crippen LogP contribution is 2.21. The van der Waals surface area contributed by atoms with E-state index in [4.69, 9.17) is 4.74 Å². The van der Waals surface area contributed by atoms with Gasteiger partial charge in [0.2, 0.25) is 5.91 Å². The number of aryl methyl sites for hydroxylation is 1. The Labute approximate surface area is 159 Å². The van der Waals surface area contributed by atoms with Gasteiger partial charge < -0.3 is 9.64 Å². The maximum atomic E-state index is 12.4. The van der Waals surface area contributed by atoms with Crippen LogP contribution in [0.4, 0.5) is 0 Å². The fourth-order valence-electron chi connectivity index (χ4n) is 3.60. The Morgan fingerprint density at radius 1 is 1.22 bits per heavy atom. The summed E-state index contributed by atoms with van der Waals surface area (Å²) in [5.74, 6) is 2.25. The molecule has 1 aliphatic heterocycles. The summed E-state index contributed by atoms with van der Waals surface area (Å²) < 4.78 is 8.76. The minimum atomic E-state index is -0.0569. The van der Waals surface area contributed by atoms with Crippen molar-refractivity contribution in [2.24, 2.45) is 13.0 Å². The van der Waals surface area contributed by atoms with Gasteiger partial charge in [-0.05, 0) is 37.8 Å². The van der Waals surface area contributed by atoms with E-state index in [0.29, 0.717) is 25.5 Å². The van der Waals surface area contributed by atoms with Gasteiger partial charge in [0, 0.05) is 33.1 Å². The Kier molecular flexibility index (Phi) is 6.32. The van der Waals surface area contributed by atoms with Crippen LogP contribution in [-0.2, 0) is 24.8 Å². The second kappa shape index (κ2) is 8.88. The summed E-state index contributed by atoms with van der Waals surface area (Å²) in [5.41, 5.74) is -0.0569. The van der Waals surface area contributed by atoms with Gasteiger partial charge in [0.15, 0.2) is 0 Å². The number of ether oxygens (including phenoxy) is 1. The van der Waals surface area contributed by atoms with E-state index in [1.165, 1.54) is 4.68 Å². The fraction of sp³-hybridized carbons (Fsp3) is 0.550. The molecule has 1 aromatic heterocycles. The van der Waals surface area contributed by atoms with Crippen LogP contribution in [-0.4, -0.2) is 44.9 Å². The smallest absolute Gasteiger partial charge is 0.345 e. The van der Waals surface area contributed by atoms with E-state index in [2.05, 4.69) is 5.10 Å². The van der Waals surface area contributed by atoms with Crippen LogP contribution in [0.5, 0.6) is 5.75 Å². The number of amides is 1. The monoisotopic (exact) mass is 372 g/mol. The standard InChI is InChI=1S/C20H28N4O3/c1-3-24-18(21-22(2)20(24)26)15-16-9-12-23(13-10-16)19(25)11-14-27-17-7-5-4-6-8-17/h4-8,16H,3,9-15H2,1-2H3. The lowest BCUT2D eigenvalue weighted by molar-refractivity contribution is -0.133. The SMILES string of the molecule is CCn1c(CC2CCN(C(=O)CCOc3ccccc3)CC2)nn(C)c1=O. The number of hydrogen-bond acceptors (Lipinski definition) is 4. The summed E-state index contributed by atoms with van der Waals surface area (Å²) in [6.07, 6.45) is 3.08. The van der Waals surface area contributed by atoms with Gasteiger partial charge in [-0.25, -0.2) is 9.48 Å². The Morgan fingerprint density at radius 3 is 2.59 bits per heavy atom. The number of likely N-dealkylation sites (tertiary alicyclic amines) is 1. The molecule has 0 unspecified atom stereocenters.